The van der Waals surface area contributed by atoms with Crippen LogP contribution in [0.25, 0.3) is 17.1 Å². The maximum absolute atomic E-state index is 12.7. The van der Waals surface area contributed by atoms with Gasteiger partial charge in [-0.2, -0.15) is 5.10 Å². The second kappa shape index (κ2) is 14.1. The van der Waals surface area contributed by atoms with E-state index in [2.05, 4.69) is 25.3 Å². The number of nitrogens with one attached hydrogen (secondary N) is 2. The molecule has 2 heterocycles. The summed E-state index contributed by atoms with van der Waals surface area (Å²) in [4.78, 5) is 17.7. The van der Waals surface area contributed by atoms with Crippen LogP contribution >= 0.6 is 0 Å². The number of H-pyrrole nitrogens is 1. The van der Waals surface area contributed by atoms with E-state index >= 15 is 0 Å². The van der Waals surface area contributed by atoms with Crippen molar-refractivity contribution in [1.82, 2.24) is 29.9 Å². The fourth-order valence-electron chi connectivity index (χ4n) is 4.77. The molecule has 9 nitrogen and oxygen atoms in total. The number of benzene rings is 2. The molecule has 0 aliphatic carbocycles. The molecule has 1 saturated heterocycles. The zero-order valence-corrected chi connectivity index (χ0v) is 23.5. The van der Waals surface area contributed by atoms with Crippen LogP contribution in [0.4, 0.5) is 0 Å². The number of hydrogen-bond donors (Lipinski definition) is 4. The van der Waals surface area contributed by atoms with E-state index in [1.807, 2.05) is 59.0 Å². The quantitative estimate of drug-likeness (QED) is 0.298. The molecule has 208 valence electrons. The Morgan fingerprint density at radius 2 is 1.63 bits per heavy atom. The largest absolute Gasteiger partial charge is 0.508 e. The number of phenols is 2. The van der Waals surface area contributed by atoms with E-state index in [-0.39, 0.29) is 23.1 Å². The molecule has 1 aromatic heterocycles. The molecular formula is C29H44N6O3. The number of unbranched alkanes of at least 4 members (excludes halogenated alkanes) is 1. The van der Waals surface area contributed by atoms with E-state index in [9.17, 15) is 15.0 Å². The van der Waals surface area contributed by atoms with Gasteiger partial charge in [0, 0.05) is 38.8 Å². The molecular weight excluding hydrogens is 480 g/mol. The van der Waals surface area contributed by atoms with Crippen molar-refractivity contribution in [3.05, 3.63) is 58.0 Å². The number of aromatic amines is 1. The minimum absolute atomic E-state index is 0.0228. The summed E-state index contributed by atoms with van der Waals surface area (Å²) >= 11 is 0. The number of aromatic nitrogens is 3. The van der Waals surface area contributed by atoms with Crippen molar-refractivity contribution < 1.29 is 10.2 Å². The van der Waals surface area contributed by atoms with E-state index in [0.717, 1.165) is 39.3 Å². The second-order valence-electron chi connectivity index (χ2n) is 9.87. The molecule has 1 aliphatic heterocycles. The number of rotatable bonds is 10. The first-order valence-corrected chi connectivity index (χ1v) is 13.8. The van der Waals surface area contributed by atoms with Gasteiger partial charge in [-0.15, -0.1) is 0 Å². The van der Waals surface area contributed by atoms with Gasteiger partial charge in [-0.25, -0.2) is 14.5 Å². The summed E-state index contributed by atoms with van der Waals surface area (Å²) in [7, 11) is 2.00. The number of phenolic OH excluding ortho intramolecular Hbond substituents is 2. The van der Waals surface area contributed by atoms with Gasteiger partial charge in [-0.05, 0) is 68.2 Å². The molecule has 0 unspecified atom stereocenters. The molecule has 4 rings (SSSR count). The van der Waals surface area contributed by atoms with Gasteiger partial charge in [-0.3, -0.25) is 4.90 Å². The van der Waals surface area contributed by atoms with Gasteiger partial charge in [0.25, 0.3) is 0 Å². The van der Waals surface area contributed by atoms with Crippen LogP contribution in [0.15, 0.2) is 41.2 Å². The van der Waals surface area contributed by atoms with E-state index in [4.69, 9.17) is 0 Å². The van der Waals surface area contributed by atoms with E-state index in [0.29, 0.717) is 22.6 Å². The summed E-state index contributed by atoms with van der Waals surface area (Å²) in [6.07, 6.45) is 2.45. The Morgan fingerprint density at radius 3 is 2.26 bits per heavy atom. The molecule has 1 aliphatic rings. The summed E-state index contributed by atoms with van der Waals surface area (Å²) in [6.45, 7) is 15.3. The topological polar surface area (TPSA) is 110 Å². The summed E-state index contributed by atoms with van der Waals surface area (Å²) in [5.74, 6) is 0.241. The summed E-state index contributed by atoms with van der Waals surface area (Å²) < 4.78 is 1.45. The van der Waals surface area contributed by atoms with Crippen molar-refractivity contribution in [1.29, 1.82) is 0 Å². The third-order valence-electron chi connectivity index (χ3n) is 6.90. The van der Waals surface area contributed by atoms with Crippen LogP contribution in [0.1, 0.15) is 57.6 Å². The van der Waals surface area contributed by atoms with Crippen molar-refractivity contribution in [3.8, 4) is 28.6 Å². The number of piperazine rings is 1. The summed E-state index contributed by atoms with van der Waals surface area (Å²) in [5, 5.41) is 30.6. The third kappa shape index (κ3) is 7.24. The molecule has 0 saturated carbocycles. The SMILES string of the molecule is CC.CNCCCCN1CCN(Cc2ccc(-n3c(-c4cc(C(C)C)c(O)cc4O)n[nH]c3=O)cc2)CC1. The van der Waals surface area contributed by atoms with Crippen LogP contribution in [0.2, 0.25) is 0 Å². The zero-order valence-electron chi connectivity index (χ0n) is 23.5. The Bertz CT molecular complexity index is 1190. The molecule has 0 spiro atoms. The predicted octanol–water partition coefficient (Wildman–Crippen LogP) is 3.91. The monoisotopic (exact) mass is 524 g/mol. The van der Waals surface area contributed by atoms with Gasteiger partial charge in [0.05, 0.1) is 11.3 Å². The Balaban J connectivity index is 0.00000195. The molecule has 0 amide bonds. The van der Waals surface area contributed by atoms with Crippen molar-refractivity contribution in [3.63, 3.8) is 0 Å². The average molecular weight is 525 g/mol. The highest BCUT2D eigenvalue weighted by Gasteiger charge is 2.20. The van der Waals surface area contributed by atoms with Gasteiger partial charge in [-0.1, -0.05) is 39.8 Å². The maximum atomic E-state index is 12.7. The van der Waals surface area contributed by atoms with Gasteiger partial charge in [0.15, 0.2) is 5.82 Å². The highest BCUT2D eigenvalue weighted by molar-refractivity contribution is 5.69. The van der Waals surface area contributed by atoms with E-state index in [1.54, 1.807) is 6.07 Å². The Labute approximate surface area is 226 Å². The number of nitrogens with zero attached hydrogens (tertiary/aromatic N) is 4. The van der Waals surface area contributed by atoms with Crippen molar-refractivity contribution in [2.45, 2.75) is 53.0 Å². The molecule has 0 atom stereocenters. The molecule has 3 aromatic rings. The van der Waals surface area contributed by atoms with Crippen LogP contribution in [0.3, 0.4) is 0 Å². The lowest BCUT2D eigenvalue weighted by atomic mass is 9.98. The normalized spacial score (nSPS) is 14.5. The first-order valence-electron chi connectivity index (χ1n) is 13.8. The van der Waals surface area contributed by atoms with Crippen molar-refractivity contribution in [2.75, 3.05) is 46.3 Å². The van der Waals surface area contributed by atoms with Gasteiger partial charge in [0.1, 0.15) is 11.5 Å². The van der Waals surface area contributed by atoms with Gasteiger partial charge < -0.3 is 20.4 Å². The van der Waals surface area contributed by atoms with E-state index in [1.165, 1.54) is 35.6 Å². The smallest absolute Gasteiger partial charge is 0.348 e. The Hall–Kier alpha value is -3.14. The molecule has 0 bridgehead atoms. The van der Waals surface area contributed by atoms with Crippen LogP contribution in [0.5, 0.6) is 11.5 Å². The van der Waals surface area contributed by atoms with Gasteiger partial charge in [0.2, 0.25) is 0 Å². The van der Waals surface area contributed by atoms with Crippen LogP contribution < -0.4 is 11.0 Å². The minimum atomic E-state index is -0.387. The summed E-state index contributed by atoms with van der Waals surface area (Å²) in [6, 6.07) is 10.9. The highest BCUT2D eigenvalue weighted by atomic mass is 16.3. The minimum Gasteiger partial charge on any atom is -0.508 e. The fourth-order valence-corrected chi connectivity index (χ4v) is 4.77. The lowest BCUT2D eigenvalue weighted by molar-refractivity contribution is 0.125. The van der Waals surface area contributed by atoms with Gasteiger partial charge >= 0.3 is 5.69 Å². The van der Waals surface area contributed by atoms with Crippen LogP contribution in [-0.2, 0) is 6.54 Å². The molecule has 9 heteroatoms. The molecule has 1 fully saturated rings. The lowest BCUT2D eigenvalue weighted by Gasteiger charge is -2.34. The maximum Gasteiger partial charge on any atom is 0.348 e. The Morgan fingerprint density at radius 1 is 0.974 bits per heavy atom. The van der Waals surface area contributed by atoms with Crippen molar-refractivity contribution in [2.24, 2.45) is 0 Å². The third-order valence-corrected chi connectivity index (χ3v) is 6.90. The molecule has 38 heavy (non-hydrogen) atoms. The van der Waals surface area contributed by atoms with E-state index < -0.39 is 0 Å². The predicted molar refractivity (Wildman–Crippen MR) is 153 cm³/mol. The van der Waals surface area contributed by atoms with Crippen LogP contribution in [0, 0.1) is 0 Å². The summed E-state index contributed by atoms with van der Waals surface area (Å²) in [5.41, 5.74) is 2.54. The number of hydrogen-bond acceptors (Lipinski definition) is 7. The second-order valence-corrected chi connectivity index (χ2v) is 9.87. The lowest BCUT2D eigenvalue weighted by Crippen LogP contribution is -2.46. The first kappa shape index (κ1) is 29.4. The number of aromatic hydroxyl groups is 2. The first-order chi connectivity index (χ1) is 18.4. The molecule has 2 aromatic carbocycles. The van der Waals surface area contributed by atoms with Crippen molar-refractivity contribution >= 4 is 0 Å². The fraction of sp³-hybridized carbons (Fsp3) is 0.517. The zero-order chi connectivity index (χ0) is 27.7. The van der Waals surface area contributed by atoms with Crippen LogP contribution in [-0.4, -0.2) is 81.1 Å². The standard InChI is InChI=1S/C27H38N6O3.C2H6/c1-19(2)22-16-23(25(35)17-24(22)34)26-29-30-27(36)33(26)21-8-6-20(7-9-21)18-32-14-12-31(13-15-32)11-5-4-10-28-3;1-2/h6-9,16-17,19,28,34-35H,4-5,10-15,18H2,1-3H3,(H,30,36);1-2H3. The molecule has 0 radical (unpaired) electrons. The highest BCUT2D eigenvalue weighted by Crippen LogP contribution is 2.37. The molecule has 4 N–H and O–H groups in total. The Kier molecular flexibility index (Phi) is 10.9. The average Bonchev–Trinajstić information content (AvgIpc) is 3.30.